The van der Waals surface area contributed by atoms with Gasteiger partial charge in [-0.1, -0.05) is 48.0 Å². The first-order chi connectivity index (χ1) is 14.7. The van der Waals surface area contributed by atoms with Crippen molar-refractivity contribution >= 4 is 23.5 Å². The van der Waals surface area contributed by atoms with Crippen LogP contribution >= 0.6 is 11.6 Å². The Bertz CT molecular complexity index is 1140. The van der Waals surface area contributed by atoms with Crippen LogP contribution < -0.4 is 11.0 Å². The van der Waals surface area contributed by atoms with Gasteiger partial charge in [0.1, 0.15) is 5.82 Å². The fourth-order valence-corrected chi connectivity index (χ4v) is 2.94. The Morgan fingerprint density at radius 2 is 1.94 bits per heavy atom. The van der Waals surface area contributed by atoms with Gasteiger partial charge in [-0.2, -0.15) is 5.16 Å². The second kappa shape index (κ2) is 9.56. The summed E-state index contributed by atoms with van der Waals surface area (Å²) in [4.78, 5) is 34.4. The number of carboxylic acid groups (broad SMARTS) is 1. The molecule has 1 aromatic heterocycles. The number of aromatic nitrogens is 1. The molecule has 0 radical (unpaired) electrons. The van der Waals surface area contributed by atoms with E-state index in [0.29, 0.717) is 16.7 Å². The zero-order valence-electron chi connectivity index (χ0n) is 15.8. The van der Waals surface area contributed by atoms with Gasteiger partial charge in [0.2, 0.25) is 5.76 Å². The van der Waals surface area contributed by atoms with Crippen LogP contribution in [0.4, 0.5) is 4.39 Å². The maximum atomic E-state index is 14.2. The van der Waals surface area contributed by atoms with Crippen molar-refractivity contribution in [2.45, 2.75) is 12.6 Å². The van der Waals surface area contributed by atoms with E-state index in [1.807, 2.05) is 5.16 Å². The van der Waals surface area contributed by atoms with E-state index in [1.165, 1.54) is 6.07 Å². The molecule has 9 nitrogen and oxygen atoms in total. The summed E-state index contributed by atoms with van der Waals surface area (Å²) in [6.07, 6.45) is -1.78. The minimum Gasteiger partial charge on any atom is -0.479 e. The number of aliphatic hydroxyl groups excluding tert-OH is 1. The summed E-state index contributed by atoms with van der Waals surface area (Å²) in [5.74, 6) is -3.15. The first-order valence-corrected chi connectivity index (χ1v) is 9.31. The Morgan fingerprint density at radius 3 is 2.55 bits per heavy atom. The van der Waals surface area contributed by atoms with Gasteiger partial charge in [0.15, 0.2) is 6.10 Å². The second-order valence-electron chi connectivity index (χ2n) is 6.55. The number of carbonyl (C=O) groups is 2. The Kier molecular flexibility index (Phi) is 6.85. The SMILES string of the molecule is O=C(NN(Cc1ccc(-c2cccc(Cl)c2F)cc1)C[C@@H](O)C(=O)O)c1cc(=O)[nH]o1. The van der Waals surface area contributed by atoms with Gasteiger partial charge in [-0.05, 0) is 17.2 Å². The van der Waals surface area contributed by atoms with E-state index in [-0.39, 0.29) is 17.3 Å². The van der Waals surface area contributed by atoms with Crippen LogP contribution in [0.25, 0.3) is 11.1 Å². The zero-order chi connectivity index (χ0) is 22.5. The lowest BCUT2D eigenvalue weighted by Gasteiger charge is -2.24. The van der Waals surface area contributed by atoms with Crippen LogP contribution in [0, 0.1) is 5.82 Å². The van der Waals surface area contributed by atoms with Crippen molar-refractivity contribution in [1.29, 1.82) is 0 Å². The molecule has 0 spiro atoms. The molecule has 0 saturated heterocycles. The lowest BCUT2D eigenvalue weighted by Crippen LogP contribution is -2.47. The lowest BCUT2D eigenvalue weighted by molar-refractivity contribution is -0.148. The van der Waals surface area contributed by atoms with Crippen molar-refractivity contribution < 1.29 is 28.7 Å². The molecular formula is C20H17ClFN3O6. The van der Waals surface area contributed by atoms with Gasteiger partial charge in [-0.3, -0.25) is 15.0 Å². The van der Waals surface area contributed by atoms with E-state index in [2.05, 4.69) is 5.43 Å². The molecule has 11 heteroatoms. The first-order valence-electron chi connectivity index (χ1n) is 8.93. The lowest BCUT2D eigenvalue weighted by atomic mass is 10.0. The molecule has 1 amide bonds. The third-order valence-corrected chi connectivity index (χ3v) is 4.57. The number of aliphatic carboxylic acids is 1. The third-order valence-electron chi connectivity index (χ3n) is 4.28. The molecule has 0 aliphatic heterocycles. The van der Waals surface area contributed by atoms with Gasteiger partial charge in [-0.25, -0.2) is 14.2 Å². The van der Waals surface area contributed by atoms with Crippen molar-refractivity contribution in [3.8, 4) is 11.1 Å². The number of carboxylic acids is 1. The molecular weight excluding hydrogens is 433 g/mol. The van der Waals surface area contributed by atoms with Crippen LogP contribution in [0.5, 0.6) is 0 Å². The molecule has 162 valence electrons. The second-order valence-corrected chi connectivity index (χ2v) is 6.96. The summed E-state index contributed by atoms with van der Waals surface area (Å²) < 4.78 is 18.9. The van der Waals surface area contributed by atoms with E-state index in [0.717, 1.165) is 11.1 Å². The number of H-pyrrole nitrogens is 1. The number of rotatable bonds is 8. The number of halogens is 2. The van der Waals surface area contributed by atoms with Crippen LogP contribution in [-0.2, 0) is 11.3 Å². The molecule has 3 rings (SSSR count). The number of nitrogens with zero attached hydrogens (tertiary/aromatic N) is 1. The first kappa shape index (κ1) is 22.2. The number of amides is 1. The smallest absolute Gasteiger partial charge is 0.333 e. The summed E-state index contributed by atoms with van der Waals surface area (Å²) >= 11 is 5.82. The molecule has 4 N–H and O–H groups in total. The normalized spacial score (nSPS) is 12.0. The van der Waals surface area contributed by atoms with Gasteiger partial charge < -0.3 is 14.7 Å². The summed E-state index contributed by atoms with van der Waals surface area (Å²) in [5, 5.41) is 21.8. The summed E-state index contributed by atoms with van der Waals surface area (Å²) in [7, 11) is 0. The van der Waals surface area contributed by atoms with E-state index < -0.39 is 35.9 Å². The van der Waals surface area contributed by atoms with E-state index in [1.54, 1.807) is 36.4 Å². The van der Waals surface area contributed by atoms with Crippen LogP contribution in [-0.4, -0.2) is 44.9 Å². The van der Waals surface area contributed by atoms with Crippen LogP contribution in [0.2, 0.25) is 5.02 Å². The quantitative estimate of drug-likeness (QED) is 0.386. The standard InChI is InChI=1S/C20H17ClFN3O6/c21-14-3-1-2-13(18(14)22)12-6-4-11(5-7-12)9-25(10-15(26)20(29)30)23-19(28)16-8-17(27)24-31-16/h1-8,15,26H,9-10H2,(H,23,28)(H,24,27)(H,29,30)/t15-/m1/s1. The van der Waals surface area contributed by atoms with Crippen LogP contribution in [0.3, 0.4) is 0 Å². The minimum atomic E-state index is -1.78. The molecule has 0 saturated carbocycles. The number of nitrogens with one attached hydrogen (secondary N) is 2. The Balaban J connectivity index is 1.78. The van der Waals surface area contributed by atoms with Crippen LogP contribution in [0.15, 0.2) is 57.8 Å². The van der Waals surface area contributed by atoms with Gasteiger partial charge in [0.05, 0.1) is 17.6 Å². The van der Waals surface area contributed by atoms with Gasteiger partial charge in [0.25, 0.3) is 5.56 Å². The number of carbonyl (C=O) groups excluding carboxylic acids is 1. The number of benzene rings is 2. The maximum Gasteiger partial charge on any atom is 0.333 e. The monoisotopic (exact) mass is 449 g/mol. The number of hydrazine groups is 1. The van der Waals surface area contributed by atoms with Crippen molar-refractivity contribution in [3.63, 3.8) is 0 Å². The average molecular weight is 450 g/mol. The molecule has 0 unspecified atom stereocenters. The Labute approximate surface area is 179 Å². The van der Waals surface area contributed by atoms with E-state index in [9.17, 15) is 23.9 Å². The predicted octanol–water partition coefficient (Wildman–Crippen LogP) is 2.02. The molecule has 0 aliphatic rings. The molecule has 0 bridgehead atoms. The Morgan fingerprint density at radius 1 is 1.23 bits per heavy atom. The number of aromatic amines is 1. The topological polar surface area (TPSA) is 136 Å². The number of aliphatic hydroxyl groups is 1. The molecule has 2 aromatic carbocycles. The highest BCUT2D eigenvalue weighted by Crippen LogP contribution is 2.27. The summed E-state index contributed by atoms with van der Waals surface area (Å²) in [6.45, 7) is -0.441. The molecule has 1 heterocycles. The summed E-state index contributed by atoms with van der Waals surface area (Å²) in [6, 6.07) is 12.2. The fourth-order valence-electron chi connectivity index (χ4n) is 2.77. The van der Waals surface area contributed by atoms with Gasteiger partial charge >= 0.3 is 11.9 Å². The highest BCUT2D eigenvalue weighted by Gasteiger charge is 2.22. The minimum absolute atomic E-state index is 0.00302. The van der Waals surface area contributed by atoms with Crippen molar-refractivity contribution in [3.05, 3.63) is 81.0 Å². The fraction of sp³-hybridized carbons (Fsp3) is 0.150. The third kappa shape index (κ3) is 5.57. The molecule has 3 aromatic rings. The predicted molar refractivity (Wildman–Crippen MR) is 108 cm³/mol. The molecule has 31 heavy (non-hydrogen) atoms. The van der Waals surface area contributed by atoms with E-state index in [4.69, 9.17) is 21.2 Å². The summed E-state index contributed by atoms with van der Waals surface area (Å²) in [5.41, 5.74) is 3.27. The maximum absolute atomic E-state index is 14.2. The molecule has 1 atom stereocenters. The van der Waals surface area contributed by atoms with Crippen molar-refractivity contribution in [1.82, 2.24) is 15.6 Å². The van der Waals surface area contributed by atoms with Crippen molar-refractivity contribution in [2.75, 3.05) is 6.54 Å². The highest BCUT2D eigenvalue weighted by atomic mass is 35.5. The number of hydrogen-bond donors (Lipinski definition) is 4. The average Bonchev–Trinajstić information content (AvgIpc) is 3.17. The van der Waals surface area contributed by atoms with Crippen LogP contribution in [0.1, 0.15) is 16.1 Å². The van der Waals surface area contributed by atoms with Crippen molar-refractivity contribution in [2.24, 2.45) is 0 Å². The van der Waals surface area contributed by atoms with E-state index >= 15 is 0 Å². The zero-order valence-corrected chi connectivity index (χ0v) is 16.6. The highest BCUT2D eigenvalue weighted by molar-refractivity contribution is 6.31. The molecule has 0 aliphatic carbocycles. The van der Waals surface area contributed by atoms with Gasteiger partial charge in [0, 0.05) is 12.1 Å². The molecule has 0 fully saturated rings. The Hall–Kier alpha value is -3.47. The number of hydrogen-bond acceptors (Lipinski definition) is 6. The largest absolute Gasteiger partial charge is 0.479 e. The van der Waals surface area contributed by atoms with Gasteiger partial charge in [-0.15, -0.1) is 0 Å².